The topological polar surface area (TPSA) is 77.5 Å². The van der Waals surface area contributed by atoms with Crippen molar-refractivity contribution in [2.24, 2.45) is 12.8 Å². The molecule has 0 amide bonds. The summed E-state index contributed by atoms with van der Waals surface area (Å²) in [5.74, 6) is -0.344. The molecule has 3 N–H and O–H groups in total. The molecule has 5 heteroatoms. The molecule has 1 unspecified atom stereocenters. The third kappa shape index (κ3) is 1.74. The smallest absolute Gasteiger partial charge is 0.326 e. The number of fused-ring (bicyclic) bond motifs is 1. The highest BCUT2D eigenvalue weighted by atomic mass is 16.5. The van der Waals surface area contributed by atoms with Crippen LogP contribution in [-0.4, -0.2) is 22.8 Å². The summed E-state index contributed by atoms with van der Waals surface area (Å²) in [6, 6.07) is 6.33. The highest BCUT2D eigenvalue weighted by Gasteiger charge is 2.20. The van der Waals surface area contributed by atoms with Gasteiger partial charge in [0.05, 0.1) is 12.6 Å². The Kier molecular flexibility index (Phi) is 2.77. The Balaban J connectivity index is 2.69. The quantitative estimate of drug-likeness (QED) is 0.838. The zero-order chi connectivity index (χ0) is 12.6. The van der Waals surface area contributed by atoms with E-state index in [9.17, 15) is 4.79 Å². The van der Waals surface area contributed by atoms with Crippen LogP contribution in [0.3, 0.4) is 0 Å². The van der Waals surface area contributed by atoms with Gasteiger partial charge < -0.3 is 20.1 Å². The van der Waals surface area contributed by atoms with Crippen LogP contribution in [0.4, 0.5) is 0 Å². The molecule has 1 aromatic carbocycles. The summed E-state index contributed by atoms with van der Waals surface area (Å²) in [6.45, 7) is 0. The van der Waals surface area contributed by atoms with Crippen molar-refractivity contribution < 1.29 is 14.6 Å². The number of para-hydroxylation sites is 1. The number of ether oxygens (including phenoxy) is 1. The first-order chi connectivity index (χ1) is 8.06. The summed E-state index contributed by atoms with van der Waals surface area (Å²) in [5.41, 5.74) is 7.03. The number of carbonyl (C=O) groups is 1. The molecule has 0 aliphatic heterocycles. The zero-order valence-corrected chi connectivity index (χ0v) is 9.68. The number of aryl methyl sites for hydroxylation is 1. The largest absolute Gasteiger partial charge is 0.495 e. The average Bonchev–Trinajstić information content (AvgIpc) is 2.65. The standard InChI is InChI=1S/C12H14N2O3/c1-14-8(10(13)12(15)16)6-7-4-3-5-9(17-2)11(7)14/h3-6,10H,13H2,1-2H3,(H,15,16). The van der Waals surface area contributed by atoms with Gasteiger partial charge in [0, 0.05) is 18.1 Å². The summed E-state index contributed by atoms with van der Waals surface area (Å²) in [7, 11) is 3.36. The maximum absolute atomic E-state index is 10.9. The molecule has 0 saturated heterocycles. The first kappa shape index (κ1) is 11.5. The summed E-state index contributed by atoms with van der Waals surface area (Å²) >= 11 is 0. The van der Waals surface area contributed by atoms with Crippen LogP contribution >= 0.6 is 0 Å². The third-order valence-corrected chi connectivity index (χ3v) is 2.86. The Hall–Kier alpha value is -2.01. The van der Waals surface area contributed by atoms with E-state index >= 15 is 0 Å². The molecular weight excluding hydrogens is 220 g/mol. The minimum atomic E-state index is -1.05. The van der Waals surface area contributed by atoms with Gasteiger partial charge in [-0.1, -0.05) is 12.1 Å². The maximum Gasteiger partial charge on any atom is 0.326 e. The van der Waals surface area contributed by atoms with E-state index in [0.717, 1.165) is 10.9 Å². The molecule has 0 fully saturated rings. The lowest BCUT2D eigenvalue weighted by Crippen LogP contribution is -2.22. The molecule has 1 heterocycles. The van der Waals surface area contributed by atoms with E-state index in [1.165, 1.54) is 0 Å². The Morgan fingerprint density at radius 1 is 1.53 bits per heavy atom. The molecule has 17 heavy (non-hydrogen) atoms. The predicted molar refractivity (Wildman–Crippen MR) is 64.0 cm³/mol. The van der Waals surface area contributed by atoms with Crippen molar-refractivity contribution in [3.8, 4) is 5.75 Å². The SMILES string of the molecule is COc1cccc2cc(C(N)C(=O)O)n(C)c12. The Bertz CT molecular complexity index is 574. The molecule has 0 aliphatic carbocycles. The zero-order valence-electron chi connectivity index (χ0n) is 9.68. The minimum absolute atomic E-state index is 0.553. The Labute approximate surface area is 98.4 Å². The van der Waals surface area contributed by atoms with Gasteiger partial charge in [0.15, 0.2) is 0 Å². The van der Waals surface area contributed by atoms with Crippen LogP contribution in [0.5, 0.6) is 5.75 Å². The Morgan fingerprint density at radius 2 is 2.24 bits per heavy atom. The van der Waals surface area contributed by atoms with Gasteiger partial charge in [-0.05, 0) is 12.1 Å². The van der Waals surface area contributed by atoms with Crippen molar-refractivity contribution in [2.75, 3.05) is 7.11 Å². The maximum atomic E-state index is 10.9. The summed E-state index contributed by atoms with van der Waals surface area (Å²) < 4.78 is 7.01. The van der Waals surface area contributed by atoms with Crippen molar-refractivity contribution in [3.05, 3.63) is 30.0 Å². The fourth-order valence-electron chi connectivity index (χ4n) is 1.99. The molecule has 0 bridgehead atoms. The van der Waals surface area contributed by atoms with Crippen molar-refractivity contribution in [1.29, 1.82) is 0 Å². The highest BCUT2D eigenvalue weighted by Crippen LogP contribution is 2.29. The molecule has 2 rings (SSSR count). The van der Waals surface area contributed by atoms with Crippen LogP contribution in [-0.2, 0) is 11.8 Å². The molecule has 1 atom stereocenters. The lowest BCUT2D eigenvalue weighted by molar-refractivity contribution is -0.138. The fourth-order valence-corrected chi connectivity index (χ4v) is 1.99. The molecular formula is C12H14N2O3. The van der Waals surface area contributed by atoms with Crippen LogP contribution in [0.2, 0.25) is 0 Å². The van der Waals surface area contributed by atoms with Gasteiger partial charge in [-0.3, -0.25) is 4.79 Å². The summed E-state index contributed by atoms with van der Waals surface area (Å²) in [4.78, 5) is 10.9. The van der Waals surface area contributed by atoms with E-state index in [4.69, 9.17) is 15.6 Å². The second kappa shape index (κ2) is 4.10. The molecule has 5 nitrogen and oxygen atoms in total. The van der Waals surface area contributed by atoms with Crippen molar-refractivity contribution >= 4 is 16.9 Å². The van der Waals surface area contributed by atoms with Gasteiger partial charge in [0.25, 0.3) is 0 Å². The Morgan fingerprint density at radius 3 is 2.82 bits per heavy atom. The molecule has 0 saturated carbocycles. The number of aromatic nitrogens is 1. The molecule has 0 spiro atoms. The highest BCUT2D eigenvalue weighted by molar-refractivity contribution is 5.88. The molecule has 1 aromatic heterocycles. The second-order valence-electron chi connectivity index (χ2n) is 3.84. The third-order valence-electron chi connectivity index (χ3n) is 2.86. The molecule has 2 aromatic rings. The summed E-state index contributed by atoms with van der Waals surface area (Å²) in [5, 5.41) is 9.86. The normalized spacial score (nSPS) is 12.6. The number of carboxylic acids is 1. The first-order valence-electron chi connectivity index (χ1n) is 5.17. The monoisotopic (exact) mass is 234 g/mol. The summed E-state index contributed by atoms with van der Waals surface area (Å²) in [6.07, 6.45) is 0. The van der Waals surface area contributed by atoms with E-state index < -0.39 is 12.0 Å². The van der Waals surface area contributed by atoms with Gasteiger partial charge >= 0.3 is 5.97 Å². The van der Waals surface area contributed by atoms with Gasteiger partial charge in [-0.2, -0.15) is 0 Å². The number of nitrogens with zero attached hydrogens (tertiary/aromatic N) is 1. The van der Waals surface area contributed by atoms with Crippen LogP contribution in [0, 0.1) is 0 Å². The lowest BCUT2D eigenvalue weighted by atomic mass is 10.2. The van der Waals surface area contributed by atoms with Crippen LogP contribution in [0.15, 0.2) is 24.3 Å². The second-order valence-corrected chi connectivity index (χ2v) is 3.84. The van der Waals surface area contributed by atoms with Crippen LogP contribution < -0.4 is 10.5 Å². The number of hydrogen-bond donors (Lipinski definition) is 2. The molecule has 90 valence electrons. The molecule has 0 aliphatic rings. The minimum Gasteiger partial charge on any atom is -0.495 e. The number of rotatable bonds is 3. The fraction of sp³-hybridized carbons (Fsp3) is 0.250. The van der Waals surface area contributed by atoms with E-state index in [2.05, 4.69) is 0 Å². The van der Waals surface area contributed by atoms with Crippen molar-refractivity contribution in [1.82, 2.24) is 4.57 Å². The number of nitrogens with two attached hydrogens (primary N) is 1. The van der Waals surface area contributed by atoms with Crippen molar-refractivity contribution in [2.45, 2.75) is 6.04 Å². The first-order valence-corrected chi connectivity index (χ1v) is 5.17. The van der Waals surface area contributed by atoms with Crippen molar-refractivity contribution in [3.63, 3.8) is 0 Å². The number of aliphatic carboxylic acids is 1. The van der Waals surface area contributed by atoms with Crippen LogP contribution in [0.25, 0.3) is 10.9 Å². The van der Waals surface area contributed by atoms with Gasteiger partial charge in [-0.15, -0.1) is 0 Å². The number of hydrogen-bond acceptors (Lipinski definition) is 3. The van der Waals surface area contributed by atoms with E-state index in [-0.39, 0.29) is 0 Å². The number of carboxylic acid groups (broad SMARTS) is 1. The van der Waals surface area contributed by atoms with E-state index in [1.54, 1.807) is 24.8 Å². The van der Waals surface area contributed by atoms with Gasteiger partial charge in [-0.25, -0.2) is 0 Å². The van der Waals surface area contributed by atoms with Crippen LogP contribution in [0.1, 0.15) is 11.7 Å². The van der Waals surface area contributed by atoms with E-state index in [0.29, 0.717) is 11.4 Å². The van der Waals surface area contributed by atoms with Gasteiger partial charge in [0.2, 0.25) is 0 Å². The predicted octanol–water partition coefficient (Wildman–Crippen LogP) is 1.27. The number of benzene rings is 1. The average molecular weight is 234 g/mol. The number of methoxy groups -OCH3 is 1. The van der Waals surface area contributed by atoms with Gasteiger partial charge in [0.1, 0.15) is 11.8 Å². The van der Waals surface area contributed by atoms with E-state index in [1.807, 2.05) is 18.2 Å². The molecule has 0 radical (unpaired) electrons. The lowest BCUT2D eigenvalue weighted by Gasteiger charge is -2.09.